The van der Waals surface area contributed by atoms with Gasteiger partial charge < -0.3 is 19.8 Å². The first-order chi connectivity index (χ1) is 8.56. The molecule has 1 aromatic carbocycles. The standard InChI is InChI=1S/C12H13NO5/c14-9-3-1-2-8(4-9)5-13-6-10(12(16)17)18-7-11(13)15/h1-4,10,14H,5-7H2,(H,16,17). The number of aromatic hydroxyl groups is 1. The quantitative estimate of drug-likeness (QED) is 0.801. The van der Waals surface area contributed by atoms with Crippen molar-refractivity contribution in [2.24, 2.45) is 0 Å². The molecule has 2 rings (SSSR count). The lowest BCUT2D eigenvalue weighted by atomic mass is 10.1. The highest BCUT2D eigenvalue weighted by molar-refractivity contribution is 5.81. The average molecular weight is 251 g/mol. The minimum absolute atomic E-state index is 0.0177. The van der Waals surface area contributed by atoms with E-state index in [1.54, 1.807) is 18.2 Å². The van der Waals surface area contributed by atoms with Crippen molar-refractivity contribution < 1.29 is 24.5 Å². The van der Waals surface area contributed by atoms with Crippen LogP contribution in [0.25, 0.3) is 0 Å². The van der Waals surface area contributed by atoms with Gasteiger partial charge in [0.2, 0.25) is 5.91 Å². The second kappa shape index (κ2) is 5.05. The monoisotopic (exact) mass is 251 g/mol. The number of aliphatic carboxylic acids is 1. The van der Waals surface area contributed by atoms with E-state index in [4.69, 9.17) is 9.84 Å². The molecule has 1 aliphatic heterocycles. The van der Waals surface area contributed by atoms with E-state index >= 15 is 0 Å². The van der Waals surface area contributed by atoms with Gasteiger partial charge in [-0.15, -0.1) is 0 Å². The Morgan fingerprint density at radius 3 is 2.94 bits per heavy atom. The molecule has 6 nitrogen and oxygen atoms in total. The number of phenolic OH excluding ortho intramolecular Hbond substituents is 1. The van der Waals surface area contributed by atoms with Crippen LogP contribution >= 0.6 is 0 Å². The highest BCUT2D eigenvalue weighted by Gasteiger charge is 2.30. The first-order valence-electron chi connectivity index (χ1n) is 5.46. The van der Waals surface area contributed by atoms with Crippen molar-refractivity contribution in [1.29, 1.82) is 0 Å². The van der Waals surface area contributed by atoms with Crippen LogP contribution in [0.3, 0.4) is 0 Å². The van der Waals surface area contributed by atoms with Gasteiger partial charge in [-0.05, 0) is 17.7 Å². The molecule has 1 aromatic rings. The number of ether oxygens (including phenoxy) is 1. The molecule has 0 saturated carbocycles. The molecule has 1 amide bonds. The van der Waals surface area contributed by atoms with Gasteiger partial charge in [0.25, 0.3) is 0 Å². The van der Waals surface area contributed by atoms with Crippen molar-refractivity contribution in [2.75, 3.05) is 13.2 Å². The van der Waals surface area contributed by atoms with Crippen molar-refractivity contribution in [1.82, 2.24) is 4.90 Å². The molecule has 2 N–H and O–H groups in total. The van der Waals surface area contributed by atoms with Crippen molar-refractivity contribution >= 4 is 11.9 Å². The summed E-state index contributed by atoms with van der Waals surface area (Å²) >= 11 is 0. The number of carbonyl (C=O) groups is 2. The molecule has 18 heavy (non-hydrogen) atoms. The number of amides is 1. The van der Waals surface area contributed by atoms with Crippen LogP contribution in [0.5, 0.6) is 5.75 Å². The molecule has 1 atom stereocenters. The van der Waals surface area contributed by atoms with Gasteiger partial charge in [0.1, 0.15) is 12.4 Å². The number of hydrogen-bond donors (Lipinski definition) is 2. The van der Waals surface area contributed by atoms with Crippen molar-refractivity contribution in [3.63, 3.8) is 0 Å². The molecular weight excluding hydrogens is 238 g/mol. The van der Waals surface area contributed by atoms with Crippen LogP contribution in [-0.4, -0.2) is 46.2 Å². The lowest BCUT2D eigenvalue weighted by Crippen LogP contribution is -2.49. The Hall–Kier alpha value is -2.08. The van der Waals surface area contributed by atoms with Gasteiger partial charge in [-0.3, -0.25) is 4.79 Å². The minimum Gasteiger partial charge on any atom is -0.508 e. The Labute approximate surface area is 103 Å². The van der Waals surface area contributed by atoms with Gasteiger partial charge in [0, 0.05) is 6.54 Å². The molecule has 1 fully saturated rings. The zero-order valence-electron chi connectivity index (χ0n) is 9.57. The molecule has 1 heterocycles. The van der Waals surface area contributed by atoms with Gasteiger partial charge in [-0.2, -0.15) is 0 Å². The molecule has 0 bridgehead atoms. The number of carbonyl (C=O) groups excluding carboxylic acids is 1. The first-order valence-corrected chi connectivity index (χ1v) is 5.46. The molecule has 1 saturated heterocycles. The van der Waals surface area contributed by atoms with E-state index in [9.17, 15) is 14.7 Å². The second-order valence-corrected chi connectivity index (χ2v) is 4.08. The van der Waals surface area contributed by atoms with E-state index in [1.165, 1.54) is 11.0 Å². The van der Waals surface area contributed by atoms with Crippen molar-refractivity contribution in [3.05, 3.63) is 29.8 Å². The zero-order chi connectivity index (χ0) is 13.1. The lowest BCUT2D eigenvalue weighted by molar-refractivity contribution is -0.165. The summed E-state index contributed by atoms with van der Waals surface area (Å²) in [6.45, 7) is 0.0555. The predicted molar refractivity (Wildman–Crippen MR) is 60.9 cm³/mol. The maximum absolute atomic E-state index is 11.6. The Bertz CT molecular complexity index is 473. The average Bonchev–Trinajstić information content (AvgIpc) is 2.31. The Kier molecular flexibility index (Phi) is 3.47. The van der Waals surface area contributed by atoms with Crippen molar-refractivity contribution in [3.8, 4) is 5.75 Å². The molecule has 96 valence electrons. The van der Waals surface area contributed by atoms with E-state index in [0.717, 1.165) is 5.56 Å². The lowest BCUT2D eigenvalue weighted by Gasteiger charge is -2.30. The predicted octanol–water partition coefficient (Wildman–Crippen LogP) is 0.204. The van der Waals surface area contributed by atoms with Gasteiger partial charge >= 0.3 is 5.97 Å². The van der Waals surface area contributed by atoms with Gasteiger partial charge in [-0.25, -0.2) is 4.79 Å². The third kappa shape index (κ3) is 2.78. The summed E-state index contributed by atoms with van der Waals surface area (Å²) in [6, 6.07) is 6.51. The SMILES string of the molecule is O=C(O)C1CN(Cc2cccc(O)c2)C(=O)CO1. The minimum atomic E-state index is -1.08. The summed E-state index contributed by atoms with van der Waals surface area (Å²) < 4.78 is 4.90. The molecule has 0 radical (unpaired) electrons. The van der Waals surface area contributed by atoms with Gasteiger partial charge in [-0.1, -0.05) is 12.1 Å². The van der Waals surface area contributed by atoms with Crippen molar-refractivity contribution in [2.45, 2.75) is 12.6 Å². The van der Waals surface area contributed by atoms with E-state index < -0.39 is 12.1 Å². The zero-order valence-corrected chi connectivity index (χ0v) is 9.57. The van der Waals surface area contributed by atoms with Crippen LogP contribution < -0.4 is 0 Å². The van der Waals surface area contributed by atoms with Gasteiger partial charge in [0.15, 0.2) is 6.10 Å². The van der Waals surface area contributed by atoms with Crippen LogP contribution in [0.1, 0.15) is 5.56 Å². The molecule has 0 spiro atoms. The Balaban J connectivity index is 2.07. The van der Waals surface area contributed by atoms with E-state index in [0.29, 0.717) is 0 Å². The second-order valence-electron chi connectivity index (χ2n) is 4.08. The van der Waals surface area contributed by atoms with Crippen LogP contribution in [0.2, 0.25) is 0 Å². The molecule has 0 aromatic heterocycles. The summed E-state index contributed by atoms with van der Waals surface area (Å²) in [5.41, 5.74) is 0.745. The maximum Gasteiger partial charge on any atom is 0.334 e. The number of hydrogen-bond acceptors (Lipinski definition) is 4. The molecule has 6 heteroatoms. The maximum atomic E-state index is 11.6. The van der Waals surface area contributed by atoms with Gasteiger partial charge in [0.05, 0.1) is 6.54 Å². The van der Waals surface area contributed by atoms with E-state index in [2.05, 4.69) is 0 Å². The largest absolute Gasteiger partial charge is 0.508 e. The van der Waals surface area contributed by atoms with Crippen LogP contribution in [0.15, 0.2) is 24.3 Å². The Morgan fingerprint density at radius 2 is 2.28 bits per heavy atom. The number of carboxylic acids is 1. The topological polar surface area (TPSA) is 87.1 Å². The first kappa shape index (κ1) is 12.4. The van der Waals surface area contributed by atoms with Crippen LogP contribution in [-0.2, 0) is 20.9 Å². The highest BCUT2D eigenvalue weighted by Crippen LogP contribution is 2.15. The van der Waals surface area contributed by atoms with E-state index in [-0.39, 0.29) is 31.4 Å². The molecule has 1 aliphatic rings. The third-order valence-corrected chi connectivity index (χ3v) is 2.71. The Morgan fingerprint density at radius 1 is 1.50 bits per heavy atom. The number of phenols is 1. The molecule has 1 unspecified atom stereocenters. The number of benzene rings is 1. The highest BCUT2D eigenvalue weighted by atomic mass is 16.5. The normalized spacial score (nSPS) is 19.9. The fourth-order valence-electron chi connectivity index (χ4n) is 1.80. The number of carboxylic acid groups (broad SMARTS) is 1. The van der Waals surface area contributed by atoms with E-state index in [1.807, 2.05) is 0 Å². The van der Waals surface area contributed by atoms with Crippen LogP contribution in [0.4, 0.5) is 0 Å². The molecule has 0 aliphatic carbocycles. The fourth-order valence-corrected chi connectivity index (χ4v) is 1.80. The fraction of sp³-hybridized carbons (Fsp3) is 0.333. The summed E-state index contributed by atoms with van der Waals surface area (Å²) in [5, 5.41) is 18.2. The summed E-state index contributed by atoms with van der Waals surface area (Å²) in [5.74, 6) is -1.22. The number of rotatable bonds is 3. The third-order valence-electron chi connectivity index (χ3n) is 2.71. The number of nitrogens with zero attached hydrogens (tertiary/aromatic N) is 1. The summed E-state index contributed by atoms with van der Waals surface area (Å²) in [7, 11) is 0. The van der Waals surface area contributed by atoms with Crippen LogP contribution in [0, 0.1) is 0 Å². The smallest absolute Gasteiger partial charge is 0.334 e. The summed E-state index contributed by atoms with van der Waals surface area (Å²) in [4.78, 5) is 23.8. The molecular formula is C12H13NO5. The number of morpholine rings is 1. The summed E-state index contributed by atoms with van der Waals surface area (Å²) in [6.07, 6.45) is -0.986.